The van der Waals surface area contributed by atoms with E-state index in [2.05, 4.69) is 15.2 Å². The predicted octanol–water partition coefficient (Wildman–Crippen LogP) is 0.392. The van der Waals surface area contributed by atoms with Crippen LogP contribution >= 0.6 is 11.8 Å². The van der Waals surface area contributed by atoms with Gasteiger partial charge >= 0.3 is 0 Å². The minimum atomic E-state index is -0.218. The number of thioether (sulfide) groups is 1. The number of aliphatic hydroxyl groups is 1. The number of hydrogen-bond donors (Lipinski definition) is 3. The van der Waals surface area contributed by atoms with Gasteiger partial charge < -0.3 is 10.8 Å². The van der Waals surface area contributed by atoms with Crippen LogP contribution < -0.4 is 5.73 Å². The van der Waals surface area contributed by atoms with E-state index in [-0.39, 0.29) is 11.4 Å². The summed E-state index contributed by atoms with van der Waals surface area (Å²) in [6, 6.07) is 0. The largest absolute Gasteiger partial charge is 0.392 e. The molecule has 0 saturated heterocycles. The minimum Gasteiger partial charge on any atom is -0.392 e. The van der Waals surface area contributed by atoms with Crippen LogP contribution in [0, 0.1) is 0 Å². The van der Waals surface area contributed by atoms with E-state index in [1.165, 1.54) is 11.8 Å². The van der Waals surface area contributed by atoms with Crippen LogP contribution in [0.2, 0.25) is 0 Å². The molecule has 2 atom stereocenters. The van der Waals surface area contributed by atoms with E-state index in [1.54, 1.807) is 0 Å². The number of nitrogens with zero attached hydrogens (tertiary/aromatic N) is 2. The van der Waals surface area contributed by atoms with Crippen LogP contribution in [0.25, 0.3) is 0 Å². The summed E-state index contributed by atoms with van der Waals surface area (Å²) in [5, 5.41) is 16.9. The van der Waals surface area contributed by atoms with E-state index in [0.29, 0.717) is 11.1 Å². The zero-order chi connectivity index (χ0) is 9.26. The van der Waals surface area contributed by atoms with E-state index >= 15 is 0 Å². The first-order valence-electron chi connectivity index (χ1n) is 4.28. The molecule has 1 aromatic heterocycles. The lowest BCUT2D eigenvalue weighted by Crippen LogP contribution is -2.15. The summed E-state index contributed by atoms with van der Waals surface area (Å²) < 4.78 is 0. The standard InChI is InChI=1S/C7H12N4OS/c8-6-9-7(11-10-6)13-5-3-1-2-4(5)12/h4-5,12H,1-3H2,(H3,8,9,10,11). The number of aromatic nitrogens is 3. The normalized spacial score (nSPS) is 28.1. The number of rotatable bonds is 2. The van der Waals surface area contributed by atoms with Gasteiger partial charge in [-0.15, -0.1) is 5.10 Å². The number of nitrogen functional groups attached to an aromatic ring is 1. The van der Waals surface area contributed by atoms with E-state index in [4.69, 9.17) is 5.73 Å². The molecule has 0 radical (unpaired) electrons. The van der Waals surface area contributed by atoms with Gasteiger partial charge in [0, 0.05) is 5.25 Å². The van der Waals surface area contributed by atoms with Crippen LogP contribution in [0.5, 0.6) is 0 Å². The van der Waals surface area contributed by atoms with Crippen molar-refractivity contribution in [3.05, 3.63) is 0 Å². The molecule has 1 aliphatic carbocycles. The Hall–Kier alpha value is -0.750. The Balaban J connectivity index is 1.97. The van der Waals surface area contributed by atoms with E-state index in [1.807, 2.05) is 0 Å². The molecule has 0 spiro atoms. The first kappa shape index (κ1) is 8.83. The molecule has 0 amide bonds. The number of aliphatic hydroxyl groups excluding tert-OH is 1. The Kier molecular flexibility index (Phi) is 2.41. The van der Waals surface area contributed by atoms with Crippen LogP contribution in [0.15, 0.2) is 5.16 Å². The summed E-state index contributed by atoms with van der Waals surface area (Å²) in [7, 11) is 0. The number of aromatic amines is 1. The topological polar surface area (TPSA) is 87.8 Å². The maximum absolute atomic E-state index is 9.54. The quantitative estimate of drug-likeness (QED) is 0.643. The lowest BCUT2D eigenvalue weighted by Gasteiger charge is -2.10. The fourth-order valence-corrected chi connectivity index (χ4v) is 2.59. The molecular formula is C7H12N4OS. The van der Waals surface area contributed by atoms with E-state index in [0.717, 1.165) is 19.3 Å². The number of nitrogens with one attached hydrogen (secondary N) is 1. The molecule has 1 heterocycles. The van der Waals surface area contributed by atoms with Gasteiger partial charge in [-0.25, -0.2) is 5.10 Å². The average Bonchev–Trinajstić information content (AvgIpc) is 2.64. The van der Waals surface area contributed by atoms with E-state index in [9.17, 15) is 5.11 Å². The molecule has 6 heteroatoms. The molecule has 0 aromatic carbocycles. The highest BCUT2D eigenvalue weighted by Crippen LogP contribution is 2.33. The summed E-state index contributed by atoms with van der Waals surface area (Å²) >= 11 is 1.50. The molecule has 1 aliphatic rings. The monoisotopic (exact) mass is 200 g/mol. The molecule has 0 aliphatic heterocycles. The molecule has 1 aromatic rings. The Morgan fingerprint density at radius 3 is 2.92 bits per heavy atom. The maximum atomic E-state index is 9.54. The van der Waals surface area contributed by atoms with Gasteiger partial charge in [0.1, 0.15) is 0 Å². The van der Waals surface area contributed by atoms with Crippen LogP contribution in [-0.2, 0) is 0 Å². The van der Waals surface area contributed by atoms with Crippen molar-refractivity contribution in [1.29, 1.82) is 0 Å². The summed E-state index contributed by atoms with van der Waals surface area (Å²) in [4.78, 5) is 3.97. The second-order valence-corrected chi connectivity index (χ2v) is 4.36. The Morgan fingerprint density at radius 1 is 1.54 bits per heavy atom. The summed E-state index contributed by atoms with van der Waals surface area (Å²) in [6.07, 6.45) is 2.78. The number of nitrogens with two attached hydrogens (primary N) is 1. The van der Waals surface area contributed by atoms with Crippen LogP contribution in [-0.4, -0.2) is 31.6 Å². The highest BCUT2D eigenvalue weighted by molar-refractivity contribution is 7.99. The zero-order valence-electron chi connectivity index (χ0n) is 7.10. The van der Waals surface area contributed by atoms with Crippen LogP contribution in [0.1, 0.15) is 19.3 Å². The lowest BCUT2D eigenvalue weighted by atomic mass is 10.3. The molecule has 13 heavy (non-hydrogen) atoms. The SMILES string of the molecule is Nc1nc(SC2CCCC2O)n[nH]1. The molecule has 1 fully saturated rings. The predicted molar refractivity (Wildman–Crippen MR) is 50.3 cm³/mol. The smallest absolute Gasteiger partial charge is 0.216 e. The van der Waals surface area contributed by atoms with Crippen molar-refractivity contribution in [1.82, 2.24) is 15.2 Å². The number of hydrogen-bond acceptors (Lipinski definition) is 5. The maximum Gasteiger partial charge on any atom is 0.216 e. The zero-order valence-corrected chi connectivity index (χ0v) is 7.92. The van der Waals surface area contributed by atoms with Crippen molar-refractivity contribution < 1.29 is 5.11 Å². The third kappa shape index (κ3) is 1.94. The Labute approximate surface area is 80.1 Å². The van der Waals surface area contributed by atoms with Gasteiger partial charge in [0.25, 0.3) is 0 Å². The summed E-state index contributed by atoms with van der Waals surface area (Å²) in [6.45, 7) is 0. The van der Waals surface area contributed by atoms with Gasteiger partial charge in [-0.05, 0) is 19.3 Å². The number of H-pyrrole nitrogens is 1. The van der Waals surface area contributed by atoms with Crippen molar-refractivity contribution in [2.45, 2.75) is 35.8 Å². The van der Waals surface area contributed by atoms with Crippen LogP contribution in [0.4, 0.5) is 5.95 Å². The summed E-state index contributed by atoms with van der Waals surface area (Å²) in [5.41, 5.74) is 5.38. The Morgan fingerprint density at radius 2 is 2.38 bits per heavy atom. The number of anilines is 1. The van der Waals surface area contributed by atoms with Gasteiger partial charge in [0.05, 0.1) is 6.10 Å². The van der Waals surface area contributed by atoms with Crippen LogP contribution in [0.3, 0.4) is 0 Å². The highest BCUT2D eigenvalue weighted by Gasteiger charge is 2.27. The first-order valence-corrected chi connectivity index (χ1v) is 5.16. The van der Waals surface area contributed by atoms with Crippen molar-refractivity contribution in [3.8, 4) is 0 Å². The van der Waals surface area contributed by atoms with Gasteiger partial charge in [-0.1, -0.05) is 11.8 Å². The first-order chi connectivity index (χ1) is 6.25. The fourth-order valence-electron chi connectivity index (χ4n) is 1.49. The average molecular weight is 200 g/mol. The van der Waals surface area contributed by atoms with Crippen molar-refractivity contribution in [2.75, 3.05) is 5.73 Å². The second kappa shape index (κ2) is 3.55. The van der Waals surface area contributed by atoms with Gasteiger partial charge in [0.2, 0.25) is 11.1 Å². The molecule has 0 bridgehead atoms. The Bertz CT molecular complexity index is 290. The minimum absolute atomic E-state index is 0.218. The fraction of sp³-hybridized carbons (Fsp3) is 0.714. The molecule has 4 N–H and O–H groups in total. The lowest BCUT2D eigenvalue weighted by molar-refractivity contribution is 0.188. The highest BCUT2D eigenvalue weighted by atomic mass is 32.2. The van der Waals surface area contributed by atoms with Crippen molar-refractivity contribution >= 4 is 17.7 Å². The van der Waals surface area contributed by atoms with Crippen molar-refractivity contribution in [2.24, 2.45) is 0 Å². The second-order valence-electron chi connectivity index (χ2n) is 3.16. The molecule has 1 saturated carbocycles. The molecule has 2 rings (SSSR count). The molecule has 72 valence electrons. The molecule has 2 unspecified atom stereocenters. The third-order valence-corrected chi connectivity index (χ3v) is 3.40. The van der Waals surface area contributed by atoms with Crippen molar-refractivity contribution in [3.63, 3.8) is 0 Å². The van der Waals surface area contributed by atoms with Gasteiger partial charge in [-0.2, -0.15) is 4.98 Å². The van der Waals surface area contributed by atoms with Gasteiger partial charge in [0.15, 0.2) is 0 Å². The molecular weight excluding hydrogens is 188 g/mol. The third-order valence-electron chi connectivity index (χ3n) is 2.16. The molecule has 5 nitrogen and oxygen atoms in total. The summed E-state index contributed by atoms with van der Waals surface area (Å²) in [5.74, 6) is 0.329. The van der Waals surface area contributed by atoms with E-state index < -0.39 is 0 Å². The van der Waals surface area contributed by atoms with Gasteiger partial charge in [-0.3, -0.25) is 0 Å².